The molecular weight excluding hydrogens is 410 g/mol. The van der Waals surface area contributed by atoms with Gasteiger partial charge in [-0.2, -0.15) is 0 Å². The molecule has 33 heavy (non-hydrogen) atoms. The Labute approximate surface area is 199 Å². The highest BCUT2D eigenvalue weighted by molar-refractivity contribution is 5.76. The highest BCUT2D eigenvalue weighted by atomic mass is 16.2. The lowest BCUT2D eigenvalue weighted by Crippen LogP contribution is -2.44. The smallest absolute Gasteiger partial charge is 0.222 e. The zero-order valence-electron chi connectivity index (χ0n) is 20.5. The fourth-order valence-corrected chi connectivity index (χ4v) is 5.25. The van der Waals surface area contributed by atoms with E-state index in [4.69, 9.17) is 0 Å². The van der Waals surface area contributed by atoms with Crippen molar-refractivity contribution in [3.8, 4) is 11.4 Å². The maximum Gasteiger partial charge on any atom is 0.222 e. The second kappa shape index (κ2) is 11.2. The molecule has 1 aromatic heterocycles. The van der Waals surface area contributed by atoms with Crippen molar-refractivity contribution in [3.05, 3.63) is 47.8 Å². The van der Waals surface area contributed by atoms with Gasteiger partial charge >= 0.3 is 0 Å². The van der Waals surface area contributed by atoms with Crippen LogP contribution >= 0.6 is 0 Å². The SMILES string of the molecule is Cc1cccc(-c2ncc(CN3CCC[C@H](CCC(=O)N(C)C4CCN(C)CC4)C3)cn2)c1. The number of carbonyl (C=O) groups is 1. The van der Waals surface area contributed by atoms with Crippen molar-refractivity contribution in [1.82, 2.24) is 24.7 Å². The molecule has 2 aromatic rings. The molecule has 2 aliphatic rings. The molecule has 1 atom stereocenters. The van der Waals surface area contributed by atoms with Gasteiger partial charge in [0.25, 0.3) is 0 Å². The topological polar surface area (TPSA) is 52.6 Å². The van der Waals surface area contributed by atoms with Crippen molar-refractivity contribution < 1.29 is 4.79 Å². The first-order valence-corrected chi connectivity index (χ1v) is 12.5. The summed E-state index contributed by atoms with van der Waals surface area (Å²) in [5, 5.41) is 0. The van der Waals surface area contributed by atoms with Crippen molar-refractivity contribution in [2.45, 2.75) is 58.0 Å². The van der Waals surface area contributed by atoms with E-state index in [0.29, 0.717) is 24.3 Å². The molecule has 2 saturated heterocycles. The summed E-state index contributed by atoms with van der Waals surface area (Å²) in [6.07, 6.45) is 10.2. The summed E-state index contributed by atoms with van der Waals surface area (Å²) in [4.78, 5) is 28.9. The molecule has 2 aliphatic heterocycles. The fraction of sp³-hybridized carbons (Fsp3) is 0.593. The zero-order chi connectivity index (χ0) is 23.2. The van der Waals surface area contributed by atoms with Gasteiger partial charge in [-0.3, -0.25) is 9.69 Å². The Morgan fingerprint density at radius 1 is 1.12 bits per heavy atom. The molecule has 4 rings (SSSR count). The third-order valence-electron chi connectivity index (χ3n) is 7.39. The van der Waals surface area contributed by atoms with Gasteiger partial charge in [0.05, 0.1) is 0 Å². The normalized spacial score (nSPS) is 20.6. The molecule has 0 unspecified atom stereocenters. The van der Waals surface area contributed by atoms with Crippen molar-refractivity contribution in [2.24, 2.45) is 5.92 Å². The van der Waals surface area contributed by atoms with Gasteiger partial charge in [0.2, 0.25) is 5.91 Å². The molecular formula is C27H39N5O. The van der Waals surface area contributed by atoms with E-state index in [1.807, 2.05) is 30.4 Å². The molecule has 6 heteroatoms. The second-order valence-electron chi connectivity index (χ2n) is 10.1. The van der Waals surface area contributed by atoms with Gasteiger partial charge in [0.15, 0.2) is 5.82 Å². The Morgan fingerprint density at radius 2 is 1.88 bits per heavy atom. The van der Waals surface area contributed by atoms with Crippen LogP contribution in [0.3, 0.4) is 0 Å². The summed E-state index contributed by atoms with van der Waals surface area (Å²) in [5.41, 5.74) is 3.44. The minimum atomic E-state index is 0.321. The average Bonchev–Trinajstić information content (AvgIpc) is 2.83. The summed E-state index contributed by atoms with van der Waals surface area (Å²) in [5.74, 6) is 1.70. The highest BCUT2D eigenvalue weighted by Gasteiger charge is 2.26. The van der Waals surface area contributed by atoms with Crippen molar-refractivity contribution in [1.29, 1.82) is 0 Å². The Hall–Kier alpha value is -2.31. The monoisotopic (exact) mass is 449 g/mol. The van der Waals surface area contributed by atoms with Crippen LogP contribution in [0.2, 0.25) is 0 Å². The number of rotatable bonds is 7. The van der Waals surface area contributed by atoms with Crippen LogP contribution < -0.4 is 0 Å². The van der Waals surface area contributed by atoms with E-state index >= 15 is 0 Å². The first-order chi connectivity index (χ1) is 16.0. The van der Waals surface area contributed by atoms with Gasteiger partial charge in [-0.25, -0.2) is 9.97 Å². The van der Waals surface area contributed by atoms with Crippen LogP contribution in [0, 0.1) is 12.8 Å². The Kier molecular flexibility index (Phi) is 8.10. The molecule has 0 N–H and O–H groups in total. The number of aryl methyl sites for hydroxylation is 1. The highest BCUT2D eigenvalue weighted by Crippen LogP contribution is 2.24. The summed E-state index contributed by atoms with van der Waals surface area (Å²) in [7, 11) is 4.17. The van der Waals surface area contributed by atoms with E-state index < -0.39 is 0 Å². The molecule has 1 aromatic carbocycles. The maximum atomic E-state index is 12.8. The van der Waals surface area contributed by atoms with E-state index in [2.05, 4.69) is 51.9 Å². The van der Waals surface area contributed by atoms with Crippen LogP contribution in [0.5, 0.6) is 0 Å². The third-order valence-corrected chi connectivity index (χ3v) is 7.39. The quantitative estimate of drug-likeness (QED) is 0.640. The van der Waals surface area contributed by atoms with E-state index in [1.165, 1.54) is 18.4 Å². The Bertz CT molecular complexity index is 907. The minimum absolute atomic E-state index is 0.321. The number of aromatic nitrogens is 2. The van der Waals surface area contributed by atoms with Crippen LogP contribution in [0.15, 0.2) is 36.7 Å². The van der Waals surface area contributed by atoms with E-state index in [9.17, 15) is 4.79 Å². The lowest BCUT2D eigenvalue weighted by atomic mass is 9.92. The molecule has 3 heterocycles. The van der Waals surface area contributed by atoms with Gasteiger partial charge < -0.3 is 9.80 Å². The Balaban J connectivity index is 1.24. The Morgan fingerprint density at radius 3 is 2.61 bits per heavy atom. The van der Waals surface area contributed by atoms with E-state index in [1.54, 1.807) is 0 Å². The molecule has 2 fully saturated rings. The molecule has 0 radical (unpaired) electrons. The van der Waals surface area contributed by atoms with E-state index in [-0.39, 0.29) is 0 Å². The summed E-state index contributed by atoms with van der Waals surface area (Å²) in [6.45, 7) is 7.33. The first kappa shape index (κ1) is 23.8. The second-order valence-corrected chi connectivity index (χ2v) is 10.1. The number of piperidine rings is 2. The number of likely N-dealkylation sites (tertiary alicyclic amines) is 2. The number of carbonyl (C=O) groups excluding carboxylic acids is 1. The first-order valence-electron chi connectivity index (χ1n) is 12.5. The van der Waals surface area contributed by atoms with Gasteiger partial charge in [-0.15, -0.1) is 0 Å². The van der Waals surface area contributed by atoms with Gasteiger partial charge in [-0.05, 0) is 77.7 Å². The minimum Gasteiger partial charge on any atom is -0.343 e. The van der Waals surface area contributed by atoms with Crippen molar-refractivity contribution in [3.63, 3.8) is 0 Å². The average molecular weight is 450 g/mol. The number of benzene rings is 1. The van der Waals surface area contributed by atoms with Gasteiger partial charge in [0.1, 0.15) is 0 Å². The van der Waals surface area contributed by atoms with Crippen LogP contribution in [-0.4, -0.2) is 76.9 Å². The molecule has 0 bridgehead atoms. The van der Waals surface area contributed by atoms with E-state index in [0.717, 1.165) is 68.9 Å². The standard InChI is InChI=1S/C27H39N5O/c1-21-6-4-8-24(16-21)27-28-17-23(18-29-27)20-32-13-5-7-22(19-32)9-10-26(33)31(3)25-11-14-30(2)15-12-25/h4,6,8,16-18,22,25H,5,7,9-15,19-20H2,1-3H3/t22-/m1/s1. The summed E-state index contributed by atoms with van der Waals surface area (Å²) < 4.78 is 0. The maximum absolute atomic E-state index is 12.8. The molecule has 0 spiro atoms. The molecule has 178 valence electrons. The number of hydrogen-bond donors (Lipinski definition) is 0. The van der Waals surface area contributed by atoms with Crippen LogP contribution in [-0.2, 0) is 11.3 Å². The lowest BCUT2D eigenvalue weighted by molar-refractivity contribution is -0.133. The molecule has 0 saturated carbocycles. The van der Waals surface area contributed by atoms with Gasteiger partial charge in [-0.1, -0.05) is 23.8 Å². The number of hydrogen-bond acceptors (Lipinski definition) is 5. The fourth-order valence-electron chi connectivity index (χ4n) is 5.25. The predicted octanol–water partition coefficient (Wildman–Crippen LogP) is 4.00. The summed E-state index contributed by atoms with van der Waals surface area (Å²) >= 11 is 0. The van der Waals surface area contributed by atoms with Crippen LogP contribution in [0.1, 0.15) is 49.7 Å². The molecule has 6 nitrogen and oxygen atoms in total. The zero-order valence-corrected chi connectivity index (χ0v) is 20.5. The largest absolute Gasteiger partial charge is 0.343 e. The van der Waals surface area contributed by atoms with Crippen LogP contribution in [0.4, 0.5) is 0 Å². The number of nitrogens with zero attached hydrogens (tertiary/aromatic N) is 5. The molecule has 0 aliphatic carbocycles. The van der Waals surface area contributed by atoms with Crippen molar-refractivity contribution in [2.75, 3.05) is 40.3 Å². The summed E-state index contributed by atoms with van der Waals surface area (Å²) in [6, 6.07) is 8.73. The molecule has 1 amide bonds. The number of amides is 1. The van der Waals surface area contributed by atoms with Crippen LogP contribution in [0.25, 0.3) is 11.4 Å². The van der Waals surface area contributed by atoms with Crippen molar-refractivity contribution >= 4 is 5.91 Å². The predicted molar refractivity (Wildman–Crippen MR) is 133 cm³/mol. The third kappa shape index (κ3) is 6.61. The lowest BCUT2D eigenvalue weighted by Gasteiger charge is -2.36. The van der Waals surface area contributed by atoms with Gasteiger partial charge in [0, 0.05) is 56.1 Å².